The molecule has 1 aliphatic heterocycles. The maximum atomic E-state index is 11.4. The highest BCUT2D eigenvalue weighted by molar-refractivity contribution is 5.97. The summed E-state index contributed by atoms with van der Waals surface area (Å²) in [5.74, 6) is 0.0226. The third-order valence-electron chi connectivity index (χ3n) is 2.47. The third kappa shape index (κ3) is 2.29. The zero-order valence-corrected chi connectivity index (χ0v) is 8.38. The average molecular weight is 183 g/mol. The van der Waals surface area contributed by atoms with Crippen LogP contribution in [0, 0.1) is 0 Å². The first-order valence-corrected chi connectivity index (χ1v) is 5.01. The monoisotopic (exact) mass is 183 g/mol. The molecule has 0 aromatic rings. The van der Waals surface area contributed by atoms with Crippen molar-refractivity contribution < 1.29 is 9.59 Å². The van der Waals surface area contributed by atoms with Gasteiger partial charge in [0.05, 0.1) is 0 Å². The van der Waals surface area contributed by atoms with E-state index in [0.29, 0.717) is 12.8 Å². The van der Waals surface area contributed by atoms with E-state index < -0.39 is 0 Å². The molecule has 13 heavy (non-hydrogen) atoms. The van der Waals surface area contributed by atoms with Gasteiger partial charge in [0.15, 0.2) is 0 Å². The van der Waals surface area contributed by atoms with Gasteiger partial charge in [-0.25, -0.2) is 0 Å². The van der Waals surface area contributed by atoms with Crippen LogP contribution in [0.1, 0.15) is 46.0 Å². The zero-order valence-electron chi connectivity index (χ0n) is 8.38. The van der Waals surface area contributed by atoms with E-state index in [1.54, 1.807) is 0 Å². The first-order valence-electron chi connectivity index (χ1n) is 5.01. The van der Waals surface area contributed by atoms with Crippen molar-refractivity contribution >= 4 is 11.8 Å². The molecule has 0 radical (unpaired) electrons. The van der Waals surface area contributed by atoms with E-state index >= 15 is 0 Å². The van der Waals surface area contributed by atoms with E-state index in [2.05, 4.69) is 6.92 Å². The second-order valence-corrected chi connectivity index (χ2v) is 3.65. The number of amides is 2. The normalized spacial score (nSPS) is 20.6. The van der Waals surface area contributed by atoms with Crippen LogP contribution in [0.3, 0.4) is 0 Å². The minimum atomic E-state index is 0.0113. The van der Waals surface area contributed by atoms with Gasteiger partial charge in [0.2, 0.25) is 11.8 Å². The van der Waals surface area contributed by atoms with Crippen LogP contribution in [-0.2, 0) is 9.59 Å². The summed E-state index contributed by atoms with van der Waals surface area (Å²) in [5, 5.41) is 0. The Hall–Kier alpha value is -0.860. The highest BCUT2D eigenvalue weighted by atomic mass is 16.2. The maximum absolute atomic E-state index is 11.4. The molecule has 0 saturated carbocycles. The fourth-order valence-corrected chi connectivity index (χ4v) is 1.81. The van der Waals surface area contributed by atoms with Crippen molar-refractivity contribution in [3.05, 3.63) is 0 Å². The molecule has 0 aliphatic carbocycles. The van der Waals surface area contributed by atoms with Crippen molar-refractivity contribution in [3.8, 4) is 0 Å². The van der Waals surface area contributed by atoms with Gasteiger partial charge in [-0.05, 0) is 19.8 Å². The Morgan fingerprint density at radius 1 is 1.31 bits per heavy atom. The molecular formula is C10H17NO2. The molecule has 0 bridgehead atoms. The summed E-state index contributed by atoms with van der Waals surface area (Å²) in [6, 6.07) is 0.0882. The Bertz CT molecular complexity index is 197. The fraction of sp³-hybridized carbons (Fsp3) is 0.800. The minimum Gasteiger partial charge on any atom is -0.280 e. The highest BCUT2D eigenvalue weighted by Gasteiger charge is 2.29. The van der Waals surface area contributed by atoms with Gasteiger partial charge in [-0.3, -0.25) is 14.5 Å². The Morgan fingerprint density at radius 2 is 1.85 bits per heavy atom. The summed E-state index contributed by atoms with van der Waals surface area (Å²) in [4.78, 5) is 24.3. The molecule has 0 aromatic carbocycles. The number of likely N-dealkylation sites (tertiary alicyclic amines) is 1. The summed E-state index contributed by atoms with van der Waals surface area (Å²) in [6.45, 7) is 4.01. The van der Waals surface area contributed by atoms with Crippen LogP contribution >= 0.6 is 0 Å². The molecule has 2 amide bonds. The molecule has 1 aliphatic rings. The standard InChI is InChI=1S/C10H17NO2/c1-3-5-8(2)11-9(12)6-4-7-10(11)13/h8H,3-7H2,1-2H3. The second kappa shape index (κ2) is 4.40. The molecule has 1 unspecified atom stereocenters. The fourth-order valence-electron chi connectivity index (χ4n) is 1.81. The number of nitrogens with zero attached hydrogens (tertiary/aromatic N) is 1. The van der Waals surface area contributed by atoms with Crippen LogP contribution in [0.2, 0.25) is 0 Å². The largest absolute Gasteiger partial charge is 0.280 e. The number of carbonyl (C=O) groups is 2. The van der Waals surface area contributed by atoms with Crippen molar-refractivity contribution in [2.45, 2.75) is 52.0 Å². The zero-order chi connectivity index (χ0) is 9.84. The molecule has 3 heteroatoms. The Labute approximate surface area is 79.1 Å². The van der Waals surface area contributed by atoms with E-state index in [1.165, 1.54) is 4.90 Å². The van der Waals surface area contributed by atoms with Gasteiger partial charge in [-0.1, -0.05) is 13.3 Å². The number of hydrogen-bond acceptors (Lipinski definition) is 2. The molecule has 74 valence electrons. The SMILES string of the molecule is CCCC(C)N1C(=O)CCCC1=O. The molecule has 0 spiro atoms. The lowest BCUT2D eigenvalue weighted by Gasteiger charge is -2.30. The average Bonchev–Trinajstić information content (AvgIpc) is 2.04. The summed E-state index contributed by atoms with van der Waals surface area (Å²) >= 11 is 0. The Kier molecular flexibility index (Phi) is 3.46. The van der Waals surface area contributed by atoms with Crippen molar-refractivity contribution in [1.29, 1.82) is 0 Å². The molecule has 1 fully saturated rings. The van der Waals surface area contributed by atoms with E-state index in [1.807, 2.05) is 6.92 Å². The van der Waals surface area contributed by atoms with Crippen molar-refractivity contribution in [3.63, 3.8) is 0 Å². The first kappa shape index (κ1) is 10.2. The Morgan fingerprint density at radius 3 is 2.31 bits per heavy atom. The first-order chi connectivity index (χ1) is 6.16. The minimum absolute atomic E-state index is 0.0113. The topological polar surface area (TPSA) is 37.4 Å². The van der Waals surface area contributed by atoms with Crippen LogP contribution in [0.15, 0.2) is 0 Å². The quantitative estimate of drug-likeness (QED) is 0.625. The van der Waals surface area contributed by atoms with Gasteiger partial charge in [0, 0.05) is 18.9 Å². The predicted molar refractivity (Wildman–Crippen MR) is 50.1 cm³/mol. The van der Waals surface area contributed by atoms with Crippen LogP contribution in [-0.4, -0.2) is 22.8 Å². The van der Waals surface area contributed by atoms with Gasteiger partial charge in [-0.2, -0.15) is 0 Å². The summed E-state index contributed by atoms with van der Waals surface area (Å²) in [7, 11) is 0. The van der Waals surface area contributed by atoms with Crippen molar-refractivity contribution in [2.24, 2.45) is 0 Å². The predicted octanol–water partition coefficient (Wildman–Crippen LogP) is 1.71. The lowest BCUT2D eigenvalue weighted by molar-refractivity contribution is -0.150. The van der Waals surface area contributed by atoms with Gasteiger partial charge in [-0.15, -0.1) is 0 Å². The third-order valence-corrected chi connectivity index (χ3v) is 2.47. The molecule has 0 aromatic heterocycles. The summed E-state index contributed by atoms with van der Waals surface area (Å²) < 4.78 is 0. The molecule has 1 saturated heterocycles. The van der Waals surface area contributed by atoms with Gasteiger partial charge < -0.3 is 0 Å². The number of imide groups is 1. The van der Waals surface area contributed by atoms with Gasteiger partial charge >= 0.3 is 0 Å². The van der Waals surface area contributed by atoms with E-state index in [9.17, 15) is 9.59 Å². The molecular weight excluding hydrogens is 166 g/mol. The number of hydrogen-bond donors (Lipinski definition) is 0. The Balaban J connectivity index is 2.62. The van der Waals surface area contributed by atoms with Gasteiger partial charge in [0.25, 0.3) is 0 Å². The van der Waals surface area contributed by atoms with Crippen LogP contribution in [0.25, 0.3) is 0 Å². The van der Waals surface area contributed by atoms with Crippen LogP contribution in [0.5, 0.6) is 0 Å². The van der Waals surface area contributed by atoms with Crippen molar-refractivity contribution in [2.75, 3.05) is 0 Å². The van der Waals surface area contributed by atoms with E-state index in [0.717, 1.165) is 19.3 Å². The summed E-state index contributed by atoms with van der Waals surface area (Å²) in [6.07, 6.45) is 3.74. The number of carbonyl (C=O) groups excluding carboxylic acids is 2. The van der Waals surface area contributed by atoms with Crippen LogP contribution < -0.4 is 0 Å². The smallest absolute Gasteiger partial charge is 0.229 e. The molecule has 1 heterocycles. The summed E-state index contributed by atoms with van der Waals surface area (Å²) in [5.41, 5.74) is 0. The molecule has 1 atom stereocenters. The van der Waals surface area contributed by atoms with Crippen molar-refractivity contribution in [1.82, 2.24) is 4.90 Å². The van der Waals surface area contributed by atoms with E-state index in [4.69, 9.17) is 0 Å². The van der Waals surface area contributed by atoms with Crippen LogP contribution in [0.4, 0.5) is 0 Å². The number of rotatable bonds is 3. The van der Waals surface area contributed by atoms with Gasteiger partial charge in [0.1, 0.15) is 0 Å². The maximum Gasteiger partial charge on any atom is 0.229 e. The molecule has 0 N–H and O–H groups in total. The van der Waals surface area contributed by atoms with E-state index in [-0.39, 0.29) is 17.9 Å². The second-order valence-electron chi connectivity index (χ2n) is 3.65. The lowest BCUT2D eigenvalue weighted by Crippen LogP contribution is -2.45. The highest BCUT2D eigenvalue weighted by Crippen LogP contribution is 2.17. The number of piperidine rings is 1. The molecule has 3 nitrogen and oxygen atoms in total. The molecule has 1 rings (SSSR count). The lowest BCUT2D eigenvalue weighted by atomic mass is 10.1.